The molecule has 19 heavy (non-hydrogen) atoms. The van der Waals surface area contributed by atoms with Gasteiger partial charge in [-0.3, -0.25) is 0 Å². The molecule has 98 valence electrons. The molecular formula is C15H14BrNOS. The average Bonchev–Trinajstić information content (AvgIpc) is 2.99. The van der Waals surface area contributed by atoms with E-state index in [4.69, 9.17) is 4.42 Å². The zero-order chi connectivity index (χ0) is 13.4. The summed E-state index contributed by atoms with van der Waals surface area (Å²) in [5.41, 5.74) is 2.19. The molecular weight excluding hydrogens is 322 g/mol. The normalized spacial score (nSPS) is 13.0. The maximum Gasteiger partial charge on any atom is 0.148 e. The van der Waals surface area contributed by atoms with Crippen LogP contribution >= 0.6 is 27.3 Å². The third-order valence-corrected chi connectivity index (χ3v) is 4.78. The van der Waals surface area contributed by atoms with Gasteiger partial charge in [0.1, 0.15) is 11.3 Å². The van der Waals surface area contributed by atoms with Gasteiger partial charge in [0.15, 0.2) is 0 Å². The van der Waals surface area contributed by atoms with Crippen LogP contribution in [0.3, 0.4) is 0 Å². The van der Waals surface area contributed by atoms with Gasteiger partial charge in [0, 0.05) is 10.3 Å². The SMILES string of the molecule is CNC(c1cc2cccc(Br)c2o1)c1ccsc1C. The van der Waals surface area contributed by atoms with E-state index >= 15 is 0 Å². The summed E-state index contributed by atoms with van der Waals surface area (Å²) in [6, 6.07) is 10.5. The van der Waals surface area contributed by atoms with Crippen molar-refractivity contribution in [3.8, 4) is 0 Å². The van der Waals surface area contributed by atoms with Gasteiger partial charge in [-0.15, -0.1) is 11.3 Å². The van der Waals surface area contributed by atoms with Gasteiger partial charge in [0.25, 0.3) is 0 Å². The van der Waals surface area contributed by atoms with Crippen LogP contribution in [0, 0.1) is 6.92 Å². The number of thiophene rings is 1. The Labute approximate surface area is 124 Å². The fourth-order valence-corrected chi connectivity index (χ4v) is 3.54. The van der Waals surface area contributed by atoms with E-state index in [2.05, 4.69) is 51.7 Å². The van der Waals surface area contributed by atoms with Crippen molar-refractivity contribution in [1.29, 1.82) is 0 Å². The highest BCUT2D eigenvalue weighted by molar-refractivity contribution is 9.10. The minimum Gasteiger partial charge on any atom is -0.458 e. The third-order valence-electron chi connectivity index (χ3n) is 3.30. The maximum atomic E-state index is 6.03. The second kappa shape index (κ2) is 5.12. The Morgan fingerprint density at radius 3 is 2.79 bits per heavy atom. The molecule has 2 heterocycles. The van der Waals surface area contributed by atoms with Crippen LogP contribution < -0.4 is 5.32 Å². The van der Waals surface area contributed by atoms with E-state index in [9.17, 15) is 0 Å². The Bertz CT molecular complexity index is 716. The number of para-hydroxylation sites is 1. The molecule has 3 rings (SSSR count). The number of hydrogen-bond acceptors (Lipinski definition) is 3. The van der Waals surface area contributed by atoms with Crippen LogP contribution in [0.5, 0.6) is 0 Å². The van der Waals surface area contributed by atoms with Gasteiger partial charge in [0.05, 0.1) is 10.5 Å². The molecule has 0 bridgehead atoms. The summed E-state index contributed by atoms with van der Waals surface area (Å²) in [5.74, 6) is 0.950. The Balaban J connectivity index is 2.12. The van der Waals surface area contributed by atoms with Crippen molar-refractivity contribution in [2.75, 3.05) is 7.05 Å². The van der Waals surface area contributed by atoms with Gasteiger partial charge in [-0.2, -0.15) is 0 Å². The standard InChI is InChI=1S/C15H14BrNOS/c1-9-11(6-7-19-9)14(17-2)13-8-10-4-3-5-12(16)15(10)18-13/h3-8,14,17H,1-2H3. The molecule has 0 fully saturated rings. The number of nitrogens with one attached hydrogen (secondary N) is 1. The van der Waals surface area contributed by atoms with Gasteiger partial charge in [-0.1, -0.05) is 12.1 Å². The first-order valence-corrected chi connectivity index (χ1v) is 7.77. The van der Waals surface area contributed by atoms with Crippen LogP contribution in [0.2, 0.25) is 0 Å². The Morgan fingerprint density at radius 1 is 1.32 bits per heavy atom. The number of fused-ring (bicyclic) bond motifs is 1. The minimum absolute atomic E-state index is 0.102. The number of hydrogen-bond donors (Lipinski definition) is 1. The van der Waals surface area contributed by atoms with Crippen LogP contribution in [0.15, 0.2) is 44.6 Å². The summed E-state index contributed by atoms with van der Waals surface area (Å²) in [4.78, 5) is 1.32. The van der Waals surface area contributed by atoms with E-state index in [0.717, 1.165) is 21.2 Å². The van der Waals surface area contributed by atoms with Crippen LogP contribution in [0.4, 0.5) is 0 Å². The molecule has 1 N–H and O–H groups in total. The van der Waals surface area contributed by atoms with Crippen LogP contribution in [-0.2, 0) is 0 Å². The van der Waals surface area contributed by atoms with E-state index in [1.54, 1.807) is 11.3 Å². The second-order valence-electron chi connectivity index (χ2n) is 4.46. The van der Waals surface area contributed by atoms with E-state index in [1.807, 2.05) is 19.2 Å². The summed E-state index contributed by atoms with van der Waals surface area (Å²) >= 11 is 5.29. The lowest BCUT2D eigenvalue weighted by molar-refractivity contribution is 0.490. The van der Waals surface area contributed by atoms with E-state index in [1.165, 1.54) is 10.4 Å². The lowest BCUT2D eigenvalue weighted by Gasteiger charge is -2.13. The Kier molecular flexibility index (Phi) is 3.48. The van der Waals surface area contributed by atoms with Crippen LogP contribution in [-0.4, -0.2) is 7.05 Å². The molecule has 1 atom stereocenters. The molecule has 2 aromatic heterocycles. The maximum absolute atomic E-state index is 6.03. The van der Waals surface area contributed by atoms with E-state index in [0.29, 0.717) is 0 Å². The van der Waals surface area contributed by atoms with Crippen LogP contribution in [0.25, 0.3) is 11.0 Å². The average molecular weight is 336 g/mol. The number of benzene rings is 1. The van der Waals surface area contributed by atoms with Crippen molar-refractivity contribution in [1.82, 2.24) is 5.32 Å². The van der Waals surface area contributed by atoms with Crippen molar-refractivity contribution in [2.45, 2.75) is 13.0 Å². The first-order chi connectivity index (χ1) is 9.20. The first kappa shape index (κ1) is 12.9. The molecule has 0 aliphatic rings. The topological polar surface area (TPSA) is 25.2 Å². The van der Waals surface area contributed by atoms with Gasteiger partial charge in [-0.25, -0.2) is 0 Å². The van der Waals surface area contributed by atoms with Gasteiger partial charge < -0.3 is 9.73 Å². The lowest BCUT2D eigenvalue weighted by Crippen LogP contribution is -2.17. The summed E-state index contributed by atoms with van der Waals surface area (Å²) < 4.78 is 7.02. The summed E-state index contributed by atoms with van der Waals surface area (Å²) in [6.07, 6.45) is 0. The predicted molar refractivity (Wildman–Crippen MR) is 83.9 cm³/mol. The van der Waals surface area contributed by atoms with Crippen molar-refractivity contribution >= 4 is 38.2 Å². The molecule has 1 unspecified atom stereocenters. The Morgan fingerprint density at radius 2 is 2.16 bits per heavy atom. The summed E-state index contributed by atoms with van der Waals surface area (Å²) in [5, 5.41) is 6.58. The second-order valence-corrected chi connectivity index (χ2v) is 6.44. The number of halogens is 1. The molecule has 0 amide bonds. The fourth-order valence-electron chi connectivity index (χ4n) is 2.33. The van der Waals surface area contributed by atoms with E-state index < -0.39 is 0 Å². The van der Waals surface area contributed by atoms with Crippen LogP contribution in [0.1, 0.15) is 22.2 Å². The molecule has 0 aliphatic heterocycles. The zero-order valence-corrected chi connectivity index (χ0v) is 13.1. The molecule has 0 spiro atoms. The highest BCUT2D eigenvalue weighted by atomic mass is 79.9. The molecule has 0 saturated carbocycles. The van der Waals surface area contributed by atoms with Crippen molar-refractivity contribution < 1.29 is 4.42 Å². The van der Waals surface area contributed by atoms with Gasteiger partial charge in [0.2, 0.25) is 0 Å². The highest BCUT2D eigenvalue weighted by Crippen LogP contribution is 2.34. The smallest absolute Gasteiger partial charge is 0.148 e. The quantitative estimate of drug-likeness (QED) is 0.738. The zero-order valence-electron chi connectivity index (χ0n) is 10.7. The van der Waals surface area contributed by atoms with Crippen molar-refractivity contribution in [3.63, 3.8) is 0 Å². The number of rotatable bonds is 3. The van der Waals surface area contributed by atoms with E-state index in [-0.39, 0.29) is 6.04 Å². The largest absolute Gasteiger partial charge is 0.458 e. The third kappa shape index (κ3) is 2.24. The lowest BCUT2D eigenvalue weighted by atomic mass is 10.1. The predicted octanol–water partition coefficient (Wildman–Crippen LogP) is 4.87. The first-order valence-electron chi connectivity index (χ1n) is 6.10. The molecule has 0 aliphatic carbocycles. The Hall–Kier alpha value is -1.10. The number of aryl methyl sites for hydroxylation is 1. The molecule has 2 nitrogen and oxygen atoms in total. The molecule has 0 radical (unpaired) electrons. The summed E-state index contributed by atoms with van der Waals surface area (Å²) in [7, 11) is 1.96. The molecule has 1 aromatic carbocycles. The summed E-state index contributed by atoms with van der Waals surface area (Å²) in [6.45, 7) is 2.14. The molecule has 4 heteroatoms. The van der Waals surface area contributed by atoms with Crippen molar-refractivity contribution in [3.05, 3.63) is 56.4 Å². The minimum atomic E-state index is 0.102. The molecule has 3 aromatic rings. The number of furan rings is 1. The fraction of sp³-hybridized carbons (Fsp3) is 0.200. The monoisotopic (exact) mass is 335 g/mol. The molecule has 0 saturated heterocycles. The van der Waals surface area contributed by atoms with Crippen molar-refractivity contribution in [2.24, 2.45) is 0 Å². The van der Waals surface area contributed by atoms with Gasteiger partial charge in [-0.05, 0) is 59.0 Å². The van der Waals surface area contributed by atoms with Gasteiger partial charge >= 0.3 is 0 Å². The highest BCUT2D eigenvalue weighted by Gasteiger charge is 2.19.